The smallest absolute Gasteiger partial charge is 0.0399 e. The van der Waals surface area contributed by atoms with Gasteiger partial charge in [0, 0.05) is 18.8 Å². The largest absolute Gasteiger partial charge is 0.371 e. The summed E-state index contributed by atoms with van der Waals surface area (Å²) in [7, 11) is 0. The average Bonchev–Trinajstić information content (AvgIpc) is 2.57. The van der Waals surface area contributed by atoms with Crippen LogP contribution in [0.15, 0.2) is 30.9 Å². The molecule has 1 nitrogen and oxygen atoms in total. The molecule has 1 heteroatoms. The molecule has 0 amide bonds. The minimum atomic E-state index is 1.08. The zero-order valence-corrected chi connectivity index (χ0v) is 8.79. The fourth-order valence-corrected chi connectivity index (χ4v) is 2.08. The van der Waals surface area contributed by atoms with Crippen LogP contribution in [-0.2, 0) is 6.42 Å². The van der Waals surface area contributed by atoms with Crippen molar-refractivity contribution in [2.45, 2.75) is 19.8 Å². The third kappa shape index (κ3) is 1.67. The van der Waals surface area contributed by atoms with Crippen LogP contribution in [0.5, 0.6) is 0 Å². The minimum Gasteiger partial charge on any atom is -0.371 e. The summed E-state index contributed by atoms with van der Waals surface area (Å²) in [5.41, 5.74) is 4.31. The number of nitrogens with zero attached hydrogens (tertiary/aromatic N) is 1. The van der Waals surface area contributed by atoms with E-state index in [0.717, 1.165) is 13.0 Å². The minimum absolute atomic E-state index is 1.08. The van der Waals surface area contributed by atoms with E-state index >= 15 is 0 Å². The van der Waals surface area contributed by atoms with Gasteiger partial charge in [-0.2, -0.15) is 0 Å². The molecule has 0 radical (unpaired) electrons. The Morgan fingerprint density at radius 2 is 2.36 bits per heavy atom. The summed E-state index contributed by atoms with van der Waals surface area (Å²) in [6, 6.07) is 6.76. The molecule has 0 saturated heterocycles. The predicted octanol–water partition coefficient (Wildman–Crippen LogP) is 2.93. The van der Waals surface area contributed by atoms with E-state index in [1.54, 1.807) is 0 Å². The molecule has 1 aromatic carbocycles. The number of anilines is 1. The summed E-state index contributed by atoms with van der Waals surface area (Å²) in [5, 5.41) is 0. The van der Waals surface area contributed by atoms with E-state index in [1.807, 2.05) is 6.08 Å². The molecule has 1 aliphatic heterocycles. The Morgan fingerprint density at radius 3 is 3.14 bits per heavy atom. The van der Waals surface area contributed by atoms with Crippen LogP contribution in [0.2, 0.25) is 0 Å². The zero-order chi connectivity index (χ0) is 9.97. The molecule has 14 heavy (non-hydrogen) atoms. The van der Waals surface area contributed by atoms with Crippen LogP contribution < -0.4 is 4.90 Å². The second-order valence-corrected chi connectivity index (χ2v) is 3.95. The maximum Gasteiger partial charge on any atom is 0.0399 e. The second-order valence-electron chi connectivity index (χ2n) is 3.95. The summed E-state index contributed by atoms with van der Waals surface area (Å²) >= 11 is 0. The fraction of sp³-hybridized carbons (Fsp3) is 0.385. The Kier molecular flexibility index (Phi) is 2.58. The van der Waals surface area contributed by atoms with Crippen LogP contribution in [0.3, 0.4) is 0 Å². The highest BCUT2D eigenvalue weighted by Gasteiger charge is 2.17. The van der Waals surface area contributed by atoms with Gasteiger partial charge in [-0.25, -0.2) is 0 Å². The van der Waals surface area contributed by atoms with Crippen molar-refractivity contribution < 1.29 is 0 Å². The van der Waals surface area contributed by atoms with E-state index in [0.29, 0.717) is 0 Å². The molecule has 0 aromatic heterocycles. The first kappa shape index (κ1) is 9.32. The number of hydrogen-bond donors (Lipinski definition) is 0. The number of hydrogen-bond acceptors (Lipinski definition) is 1. The van der Waals surface area contributed by atoms with Gasteiger partial charge < -0.3 is 4.90 Å². The molecular formula is C13H17N. The van der Waals surface area contributed by atoms with Crippen molar-refractivity contribution in [3.05, 3.63) is 42.0 Å². The maximum atomic E-state index is 3.77. The van der Waals surface area contributed by atoms with Gasteiger partial charge in [-0.05, 0) is 31.4 Å². The number of rotatable bonds is 3. The molecule has 1 aliphatic rings. The molecule has 0 bridgehead atoms. The molecule has 0 aliphatic carbocycles. The molecule has 0 N–H and O–H groups in total. The van der Waals surface area contributed by atoms with E-state index in [9.17, 15) is 0 Å². The summed E-state index contributed by atoms with van der Waals surface area (Å²) in [4.78, 5) is 2.45. The molecule has 1 aromatic rings. The second kappa shape index (κ2) is 3.87. The predicted molar refractivity (Wildman–Crippen MR) is 61.9 cm³/mol. The molecule has 0 spiro atoms. The first-order chi connectivity index (χ1) is 6.81. The van der Waals surface area contributed by atoms with Crippen molar-refractivity contribution >= 4 is 5.69 Å². The fourth-order valence-electron chi connectivity index (χ4n) is 2.08. The molecule has 0 saturated carbocycles. The Bertz CT molecular complexity index is 341. The normalized spacial score (nSPS) is 14.2. The van der Waals surface area contributed by atoms with Crippen molar-refractivity contribution in [2.24, 2.45) is 0 Å². The topological polar surface area (TPSA) is 3.24 Å². The summed E-state index contributed by atoms with van der Waals surface area (Å²) < 4.78 is 0. The van der Waals surface area contributed by atoms with Crippen LogP contribution in [0.25, 0.3) is 0 Å². The van der Waals surface area contributed by atoms with Crippen molar-refractivity contribution in [3.63, 3.8) is 0 Å². The summed E-state index contributed by atoms with van der Waals surface area (Å²) in [6.07, 6.45) is 4.27. The van der Waals surface area contributed by atoms with Gasteiger partial charge in [0.05, 0.1) is 0 Å². The van der Waals surface area contributed by atoms with Gasteiger partial charge in [-0.15, -0.1) is 6.58 Å². The SMILES string of the molecule is C=CCCN1CCc2cc(C)ccc21. The van der Waals surface area contributed by atoms with Crippen molar-refractivity contribution in [3.8, 4) is 0 Å². The van der Waals surface area contributed by atoms with Crippen LogP contribution in [-0.4, -0.2) is 13.1 Å². The lowest BCUT2D eigenvalue weighted by atomic mass is 10.1. The number of fused-ring (bicyclic) bond motifs is 1. The zero-order valence-electron chi connectivity index (χ0n) is 8.79. The highest BCUT2D eigenvalue weighted by Crippen LogP contribution is 2.28. The van der Waals surface area contributed by atoms with Gasteiger partial charge in [0.1, 0.15) is 0 Å². The summed E-state index contributed by atoms with van der Waals surface area (Å²) in [6.45, 7) is 8.21. The standard InChI is InChI=1S/C13H17N/c1-3-4-8-14-9-7-12-10-11(2)5-6-13(12)14/h3,5-6,10H,1,4,7-9H2,2H3. The number of aryl methyl sites for hydroxylation is 1. The van der Waals surface area contributed by atoms with Gasteiger partial charge in [0.15, 0.2) is 0 Å². The van der Waals surface area contributed by atoms with Crippen LogP contribution in [0, 0.1) is 6.92 Å². The van der Waals surface area contributed by atoms with E-state index < -0.39 is 0 Å². The maximum absolute atomic E-state index is 3.77. The Morgan fingerprint density at radius 1 is 1.50 bits per heavy atom. The van der Waals surface area contributed by atoms with Gasteiger partial charge in [0.25, 0.3) is 0 Å². The van der Waals surface area contributed by atoms with E-state index in [4.69, 9.17) is 0 Å². The Hall–Kier alpha value is -1.24. The lowest BCUT2D eigenvalue weighted by molar-refractivity contribution is 0.827. The average molecular weight is 187 g/mol. The highest BCUT2D eigenvalue weighted by molar-refractivity contribution is 5.58. The summed E-state index contributed by atoms with van der Waals surface area (Å²) in [5.74, 6) is 0. The van der Waals surface area contributed by atoms with Crippen molar-refractivity contribution in [2.75, 3.05) is 18.0 Å². The monoisotopic (exact) mass is 187 g/mol. The molecular weight excluding hydrogens is 170 g/mol. The molecule has 0 atom stereocenters. The molecule has 0 unspecified atom stereocenters. The molecule has 2 rings (SSSR count). The van der Waals surface area contributed by atoms with Crippen LogP contribution in [0.4, 0.5) is 5.69 Å². The van der Waals surface area contributed by atoms with E-state index in [2.05, 4.69) is 36.6 Å². The third-order valence-electron chi connectivity index (χ3n) is 2.83. The Balaban J connectivity index is 2.18. The van der Waals surface area contributed by atoms with Gasteiger partial charge in [-0.1, -0.05) is 23.8 Å². The first-order valence-electron chi connectivity index (χ1n) is 5.26. The van der Waals surface area contributed by atoms with Crippen molar-refractivity contribution in [1.29, 1.82) is 0 Å². The van der Waals surface area contributed by atoms with Gasteiger partial charge in [0.2, 0.25) is 0 Å². The first-order valence-corrected chi connectivity index (χ1v) is 5.26. The van der Waals surface area contributed by atoms with Crippen LogP contribution in [0.1, 0.15) is 17.5 Å². The van der Waals surface area contributed by atoms with E-state index in [1.165, 1.54) is 29.8 Å². The molecule has 0 fully saturated rings. The third-order valence-corrected chi connectivity index (χ3v) is 2.83. The number of benzene rings is 1. The van der Waals surface area contributed by atoms with Gasteiger partial charge in [-0.3, -0.25) is 0 Å². The molecule has 1 heterocycles. The lowest BCUT2D eigenvalue weighted by Gasteiger charge is -2.18. The van der Waals surface area contributed by atoms with Crippen LogP contribution >= 0.6 is 0 Å². The highest BCUT2D eigenvalue weighted by atomic mass is 15.1. The van der Waals surface area contributed by atoms with E-state index in [-0.39, 0.29) is 0 Å². The van der Waals surface area contributed by atoms with Gasteiger partial charge >= 0.3 is 0 Å². The quantitative estimate of drug-likeness (QED) is 0.658. The lowest BCUT2D eigenvalue weighted by Crippen LogP contribution is -2.20. The Labute approximate surface area is 86.1 Å². The molecule has 74 valence electrons. The van der Waals surface area contributed by atoms with Crippen molar-refractivity contribution in [1.82, 2.24) is 0 Å².